The van der Waals surface area contributed by atoms with Gasteiger partial charge in [-0.1, -0.05) is 31.5 Å². The van der Waals surface area contributed by atoms with Gasteiger partial charge in [0.1, 0.15) is 7.85 Å². The molecule has 22 heavy (non-hydrogen) atoms. The Labute approximate surface area is 134 Å². The van der Waals surface area contributed by atoms with Gasteiger partial charge in [0, 0.05) is 6.00 Å². The number of aryl methyl sites for hydroxylation is 1. The molecule has 5 nitrogen and oxygen atoms in total. The highest BCUT2D eigenvalue weighted by Crippen LogP contribution is 2.22. The summed E-state index contributed by atoms with van der Waals surface area (Å²) in [5.41, 5.74) is 0.189. The Morgan fingerprint density at radius 2 is 1.77 bits per heavy atom. The second-order valence-corrected chi connectivity index (χ2v) is 6.87. The van der Waals surface area contributed by atoms with Crippen molar-refractivity contribution in [3.63, 3.8) is 0 Å². The molecular weight excluding hydrogens is 303 g/mol. The molecule has 1 aromatic rings. The van der Waals surface area contributed by atoms with Gasteiger partial charge in [-0.05, 0) is 31.9 Å². The molecule has 122 valence electrons. The van der Waals surface area contributed by atoms with Crippen molar-refractivity contribution in [2.24, 2.45) is 0 Å². The van der Waals surface area contributed by atoms with E-state index < -0.39 is 21.7 Å². The summed E-state index contributed by atoms with van der Waals surface area (Å²) in [6, 6.07) is 5.41. The third-order valence-corrected chi connectivity index (χ3v) is 4.97. The highest BCUT2D eigenvalue weighted by Gasteiger charge is 2.29. The number of hydrogen-bond donors (Lipinski definition) is 1. The molecule has 0 saturated carbocycles. The van der Waals surface area contributed by atoms with Crippen LogP contribution in [0.4, 0.5) is 0 Å². The second kappa shape index (κ2) is 8.10. The van der Waals surface area contributed by atoms with E-state index in [-0.39, 0.29) is 18.1 Å². The van der Waals surface area contributed by atoms with Crippen LogP contribution >= 0.6 is 0 Å². The Kier molecular flexibility index (Phi) is 7.06. The summed E-state index contributed by atoms with van der Waals surface area (Å²) in [5.74, 6) is 0. The standard InChI is InChI=1S/C15H23BO5S/c1-4-15(5-2,11-17)21-14(16)10-20-22(18,19)13-8-6-12(3)7-9-13/h6-9,14,17H,4-5,10-11H2,1-3H3. The fourth-order valence-electron chi connectivity index (χ4n) is 1.96. The molecule has 2 radical (unpaired) electrons. The zero-order valence-electron chi connectivity index (χ0n) is 13.3. The fourth-order valence-corrected chi connectivity index (χ4v) is 2.88. The molecule has 0 amide bonds. The number of ether oxygens (including phenoxy) is 1. The molecule has 1 aromatic carbocycles. The summed E-state index contributed by atoms with van der Waals surface area (Å²) < 4.78 is 34.6. The molecule has 0 fully saturated rings. The van der Waals surface area contributed by atoms with Crippen molar-refractivity contribution in [1.82, 2.24) is 0 Å². The minimum atomic E-state index is -3.87. The monoisotopic (exact) mass is 326 g/mol. The van der Waals surface area contributed by atoms with Crippen molar-refractivity contribution in [1.29, 1.82) is 0 Å². The van der Waals surface area contributed by atoms with Crippen LogP contribution < -0.4 is 0 Å². The van der Waals surface area contributed by atoms with Gasteiger partial charge in [0.25, 0.3) is 10.1 Å². The number of aliphatic hydroxyl groups is 1. The summed E-state index contributed by atoms with van der Waals surface area (Å²) in [6.07, 6.45) is 1.14. The van der Waals surface area contributed by atoms with Crippen molar-refractivity contribution >= 4 is 18.0 Å². The molecule has 0 aliphatic carbocycles. The van der Waals surface area contributed by atoms with Crippen LogP contribution in [-0.2, 0) is 19.0 Å². The number of rotatable bonds is 9. The van der Waals surface area contributed by atoms with E-state index in [0.29, 0.717) is 12.8 Å². The molecule has 0 saturated heterocycles. The first-order valence-electron chi connectivity index (χ1n) is 7.29. The van der Waals surface area contributed by atoms with Gasteiger partial charge in [-0.25, -0.2) is 0 Å². The quantitative estimate of drug-likeness (QED) is 0.553. The van der Waals surface area contributed by atoms with E-state index in [0.717, 1.165) is 5.56 Å². The first-order chi connectivity index (χ1) is 10.3. The minimum absolute atomic E-state index is 0.0738. The zero-order valence-corrected chi connectivity index (χ0v) is 14.1. The molecule has 0 aliphatic rings. The number of aliphatic hydroxyl groups excluding tert-OH is 1. The molecule has 0 bridgehead atoms. The third kappa shape index (κ3) is 5.09. The smallest absolute Gasteiger partial charge is 0.297 e. The lowest BCUT2D eigenvalue weighted by molar-refractivity contribution is -0.106. The Hall–Kier alpha value is -0.885. The summed E-state index contributed by atoms with van der Waals surface area (Å²) in [6.45, 7) is 5.12. The Balaban J connectivity index is 2.66. The molecule has 1 N–H and O–H groups in total. The van der Waals surface area contributed by atoms with E-state index in [1.54, 1.807) is 12.1 Å². The van der Waals surface area contributed by atoms with Crippen LogP contribution in [-0.4, -0.2) is 46.2 Å². The van der Waals surface area contributed by atoms with Crippen LogP contribution in [0.3, 0.4) is 0 Å². The molecule has 7 heteroatoms. The van der Waals surface area contributed by atoms with E-state index in [1.165, 1.54) is 12.1 Å². The van der Waals surface area contributed by atoms with Gasteiger partial charge in [-0.15, -0.1) is 0 Å². The summed E-state index contributed by atoms with van der Waals surface area (Å²) in [4.78, 5) is 0.0738. The predicted molar refractivity (Wildman–Crippen MR) is 85.3 cm³/mol. The first-order valence-corrected chi connectivity index (χ1v) is 8.69. The van der Waals surface area contributed by atoms with Gasteiger partial charge in [-0.2, -0.15) is 8.42 Å². The van der Waals surface area contributed by atoms with Crippen LogP contribution in [0.1, 0.15) is 32.3 Å². The van der Waals surface area contributed by atoms with Gasteiger partial charge < -0.3 is 9.84 Å². The Bertz CT molecular complexity index is 544. The summed E-state index contributed by atoms with van der Waals surface area (Å²) in [5, 5.41) is 9.42. The van der Waals surface area contributed by atoms with Crippen LogP contribution in [0, 0.1) is 6.92 Å². The molecule has 0 heterocycles. The third-order valence-electron chi connectivity index (χ3n) is 3.68. The van der Waals surface area contributed by atoms with Crippen LogP contribution in [0.2, 0.25) is 0 Å². The molecule has 1 atom stereocenters. The molecular formula is C15H23BO5S. The first kappa shape index (κ1) is 19.2. The molecule has 0 spiro atoms. The van der Waals surface area contributed by atoms with Gasteiger partial charge in [0.15, 0.2) is 0 Å². The molecule has 1 unspecified atom stereocenters. The van der Waals surface area contributed by atoms with Crippen LogP contribution in [0.15, 0.2) is 29.2 Å². The van der Waals surface area contributed by atoms with E-state index in [2.05, 4.69) is 0 Å². The minimum Gasteiger partial charge on any atom is -0.393 e. The second-order valence-electron chi connectivity index (χ2n) is 5.26. The fraction of sp³-hybridized carbons (Fsp3) is 0.600. The summed E-state index contributed by atoms with van der Waals surface area (Å²) >= 11 is 0. The molecule has 0 aliphatic heterocycles. The van der Waals surface area contributed by atoms with E-state index >= 15 is 0 Å². The van der Waals surface area contributed by atoms with Crippen LogP contribution in [0.5, 0.6) is 0 Å². The normalized spacial score (nSPS) is 14.0. The van der Waals surface area contributed by atoms with Crippen molar-refractivity contribution in [3.05, 3.63) is 29.8 Å². The van der Waals surface area contributed by atoms with Crippen molar-refractivity contribution in [2.45, 2.75) is 50.1 Å². The molecule has 0 aromatic heterocycles. The topological polar surface area (TPSA) is 72.8 Å². The number of hydrogen-bond acceptors (Lipinski definition) is 5. The number of benzene rings is 1. The lowest BCUT2D eigenvalue weighted by Crippen LogP contribution is -2.41. The van der Waals surface area contributed by atoms with Crippen LogP contribution in [0.25, 0.3) is 0 Å². The van der Waals surface area contributed by atoms with Crippen molar-refractivity contribution < 1.29 is 22.4 Å². The van der Waals surface area contributed by atoms with Crippen molar-refractivity contribution in [3.8, 4) is 0 Å². The highest BCUT2D eigenvalue weighted by atomic mass is 32.2. The van der Waals surface area contributed by atoms with Gasteiger partial charge >= 0.3 is 0 Å². The lowest BCUT2D eigenvalue weighted by atomic mass is 9.94. The van der Waals surface area contributed by atoms with E-state index in [1.807, 2.05) is 20.8 Å². The highest BCUT2D eigenvalue weighted by molar-refractivity contribution is 7.86. The largest absolute Gasteiger partial charge is 0.393 e. The predicted octanol–water partition coefficient (Wildman–Crippen LogP) is 1.76. The van der Waals surface area contributed by atoms with E-state index in [9.17, 15) is 13.5 Å². The summed E-state index contributed by atoms with van der Waals surface area (Å²) in [7, 11) is 1.90. The molecule has 1 rings (SSSR count). The van der Waals surface area contributed by atoms with Gasteiger partial charge in [-0.3, -0.25) is 4.18 Å². The van der Waals surface area contributed by atoms with E-state index in [4.69, 9.17) is 16.8 Å². The lowest BCUT2D eigenvalue weighted by Gasteiger charge is -2.33. The Morgan fingerprint density at radius 1 is 1.23 bits per heavy atom. The zero-order chi connectivity index (χ0) is 16.8. The van der Waals surface area contributed by atoms with Gasteiger partial charge in [0.05, 0.1) is 23.7 Å². The Morgan fingerprint density at radius 3 is 2.23 bits per heavy atom. The maximum Gasteiger partial charge on any atom is 0.297 e. The SMILES string of the molecule is [B]C(COS(=O)(=O)c1ccc(C)cc1)OC(CC)(CC)CO. The maximum absolute atomic E-state index is 12.0. The average Bonchev–Trinajstić information content (AvgIpc) is 2.51. The average molecular weight is 326 g/mol. The van der Waals surface area contributed by atoms with Crippen molar-refractivity contribution in [2.75, 3.05) is 13.2 Å². The maximum atomic E-state index is 12.0. The van der Waals surface area contributed by atoms with Gasteiger partial charge in [0.2, 0.25) is 0 Å².